The van der Waals surface area contributed by atoms with E-state index in [4.69, 9.17) is 5.11 Å². The molecule has 0 fully saturated rings. The number of amides is 1. The first-order valence-electron chi connectivity index (χ1n) is 5.93. The van der Waals surface area contributed by atoms with Gasteiger partial charge in [-0.15, -0.1) is 0 Å². The highest BCUT2D eigenvalue weighted by Crippen LogP contribution is 2.15. The van der Waals surface area contributed by atoms with Crippen LogP contribution in [0.3, 0.4) is 0 Å². The fourth-order valence-corrected chi connectivity index (χ4v) is 1.61. The number of carboxylic acid groups (broad SMARTS) is 1. The Morgan fingerprint density at radius 2 is 2.00 bits per heavy atom. The van der Waals surface area contributed by atoms with Gasteiger partial charge in [0.15, 0.2) is 17.3 Å². The number of rotatable bonds is 4. The van der Waals surface area contributed by atoms with Gasteiger partial charge < -0.3 is 10.4 Å². The van der Waals surface area contributed by atoms with Crippen LogP contribution in [0.25, 0.3) is 0 Å². The van der Waals surface area contributed by atoms with Crippen LogP contribution in [0.1, 0.15) is 23.5 Å². The molecule has 2 aromatic rings. The molecule has 0 saturated carbocycles. The average molecular weight is 295 g/mol. The van der Waals surface area contributed by atoms with E-state index in [-0.39, 0.29) is 11.4 Å². The topological polar surface area (TPSA) is 84.2 Å². The summed E-state index contributed by atoms with van der Waals surface area (Å²) in [6.07, 6.45) is 1.35. The second kappa shape index (κ2) is 5.70. The van der Waals surface area contributed by atoms with Crippen LogP contribution in [-0.2, 0) is 4.79 Å². The van der Waals surface area contributed by atoms with E-state index in [1.54, 1.807) is 0 Å². The summed E-state index contributed by atoms with van der Waals surface area (Å²) in [7, 11) is 0. The lowest BCUT2D eigenvalue weighted by atomic mass is 10.2. The number of aromatic carboxylic acids is 1. The number of benzene rings is 1. The van der Waals surface area contributed by atoms with Crippen molar-refractivity contribution >= 4 is 17.6 Å². The number of hydrogen-bond acceptors (Lipinski definition) is 3. The summed E-state index contributed by atoms with van der Waals surface area (Å²) in [4.78, 5) is 22.7. The largest absolute Gasteiger partial charge is 0.476 e. The van der Waals surface area contributed by atoms with Crippen molar-refractivity contribution in [2.45, 2.75) is 13.0 Å². The minimum atomic E-state index is -1.21. The van der Waals surface area contributed by atoms with Gasteiger partial charge in [-0.2, -0.15) is 5.10 Å². The molecule has 0 radical (unpaired) electrons. The molecule has 1 aromatic heterocycles. The van der Waals surface area contributed by atoms with Gasteiger partial charge in [-0.3, -0.25) is 9.48 Å². The molecule has 1 atom stereocenters. The van der Waals surface area contributed by atoms with Crippen molar-refractivity contribution < 1.29 is 23.5 Å². The molecule has 0 unspecified atom stereocenters. The van der Waals surface area contributed by atoms with E-state index in [1.807, 2.05) is 0 Å². The molecular formula is C13H11F2N3O3. The Morgan fingerprint density at radius 3 is 2.57 bits per heavy atom. The van der Waals surface area contributed by atoms with Crippen LogP contribution in [0, 0.1) is 11.6 Å². The van der Waals surface area contributed by atoms with Crippen molar-refractivity contribution in [2.75, 3.05) is 5.32 Å². The Kier molecular flexibility index (Phi) is 3.97. The molecule has 8 heteroatoms. The Bertz CT molecular complexity index is 700. The molecule has 0 aliphatic heterocycles. The number of hydrogen-bond donors (Lipinski definition) is 2. The highest BCUT2D eigenvalue weighted by Gasteiger charge is 2.18. The average Bonchev–Trinajstić information content (AvgIpc) is 2.92. The van der Waals surface area contributed by atoms with Crippen molar-refractivity contribution in [1.82, 2.24) is 9.78 Å². The van der Waals surface area contributed by atoms with Crippen molar-refractivity contribution in [2.24, 2.45) is 0 Å². The molecular weight excluding hydrogens is 284 g/mol. The minimum absolute atomic E-state index is 0.0939. The summed E-state index contributed by atoms with van der Waals surface area (Å²) in [5.74, 6) is -3.84. The number of carbonyl (C=O) groups is 2. The molecule has 2 rings (SSSR count). The summed E-state index contributed by atoms with van der Waals surface area (Å²) >= 11 is 0. The summed E-state index contributed by atoms with van der Waals surface area (Å²) in [6, 6.07) is 3.40. The first-order valence-corrected chi connectivity index (χ1v) is 5.93. The number of nitrogens with zero attached hydrogens (tertiary/aromatic N) is 2. The monoisotopic (exact) mass is 295 g/mol. The quantitative estimate of drug-likeness (QED) is 0.904. The van der Waals surface area contributed by atoms with Gasteiger partial charge in [-0.1, -0.05) is 0 Å². The predicted molar refractivity (Wildman–Crippen MR) is 68.9 cm³/mol. The second-order valence-corrected chi connectivity index (χ2v) is 4.28. The van der Waals surface area contributed by atoms with Crippen molar-refractivity contribution in [3.05, 3.63) is 47.8 Å². The zero-order valence-corrected chi connectivity index (χ0v) is 10.9. The number of nitrogens with one attached hydrogen (secondary N) is 1. The van der Waals surface area contributed by atoms with Gasteiger partial charge in [0.2, 0.25) is 5.91 Å². The molecule has 2 N–H and O–H groups in total. The normalized spacial score (nSPS) is 12.0. The van der Waals surface area contributed by atoms with Crippen LogP contribution in [0.2, 0.25) is 0 Å². The van der Waals surface area contributed by atoms with E-state index in [2.05, 4.69) is 10.4 Å². The molecule has 1 heterocycles. The van der Waals surface area contributed by atoms with Crippen LogP contribution in [-0.4, -0.2) is 26.8 Å². The Labute approximate surface area is 118 Å². The first kappa shape index (κ1) is 14.6. The molecule has 21 heavy (non-hydrogen) atoms. The van der Waals surface area contributed by atoms with E-state index in [1.165, 1.54) is 29.9 Å². The van der Waals surface area contributed by atoms with Crippen LogP contribution in [0.4, 0.5) is 14.5 Å². The summed E-state index contributed by atoms with van der Waals surface area (Å²) in [6.45, 7) is 1.49. The molecule has 0 aliphatic rings. The van der Waals surface area contributed by atoms with Gasteiger partial charge in [0.25, 0.3) is 0 Å². The molecule has 1 aromatic carbocycles. The van der Waals surface area contributed by atoms with Crippen molar-refractivity contribution in [1.29, 1.82) is 0 Å². The number of halogens is 2. The molecule has 110 valence electrons. The van der Waals surface area contributed by atoms with Gasteiger partial charge in [-0.25, -0.2) is 13.6 Å². The molecule has 6 nitrogen and oxygen atoms in total. The third kappa shape index (κ3) is 3.22. The van der Waals surface area contributed by atoms with Gasteiger partial charge in [-0.05, 0) is 25.1 Å². The van der Waals surface area contributed by atoms with Crippen molar-refractivity contribution in [3.63, 3.8) is 0 Å². The van der Waals surface area contributed by atoms with Gasteiger partial charge in [0.1, 0.15) is 6.04 Å². The fraction of sp³-hybridized carbons (Fsp3) is 0.154. The van der Waals surface area contributed by atoms with Gasteiger partial charge in [0, 0.05) is 18.0 Å². The lowest BCUT2D eigenvalue weighted by Crippen LogP contribution is -2.24. The van der Waals surface area contributed by atoms with Crippen LogP contribution >= 0.6 is 0 Å². The fourth-order valence-electron chi connectivity index (χ4n) is 1.61. The van der Waals surface area contributed by atoms with Crippen molar-refractivity contribution in [3.8, 4) is 0 Å². The van der Waals surface area contributed by atoms with E-state index >= 15 is 0 Å². The maximum atomic E-state index is 13.0. The van der Waals surface area contributed by atoms with E-state index < -0.39 is 29.6 Å². The number of carbonyl (C=O) groups excluding carboxylic acids is 1. The number of aromatic nitrogens is 2. The number of anilines is 1. The summed E-state index contributed by atoms with van der Waals surface area (Å²) in [5, 5.41) is 14.9. The third-order valence-electron chi connectivity index (χ3n) is 2.79. The van der Waals surface area contributed by atoms with Crippen LogP contribution < -0.4 is 5.32 Å². The zero-order valence-electron chi connectivity index (χ0n) is 10.9. The molecule has 0 spiro atoms. The lowest BCUT2D eigenvalue weighted by Gasteiger charge is -2.12. The summed E-state index contributed by atoms with van der Waals surface area (Å²) in [5.41, 5.74) is -0.0983. The lowest BCUT2D eigenvalue weighted by molar-refractivity contribution is -0.119. The van der Waals surface area contributed by atoms with E-state index in [0.717, 1.165) is 12.1 Å². The predicted octanol–water partition coefficient (Wildman–Crippen LogP) is 2.06. The molecule has 0 saturated heterocycles. The van der Waals surface area contributed by atoms with Crippen LogP contribution in [0.5, 0.6) is 0 Å². The van der Waals surface area contributed by atoms with Crippen LogP contribution in [0.15, 0.2) is 30.5 Å². The van der Waals surface area contributed by atoms with Gasteiger partial charge in [0.05, 0.1) is 0 Å². The van der Waals surface area contributed by atoms with E-state index in [9.17, 15) is 18.4 Å². The third-order valence-corrected chi connectivity index (χ3v) is 2.79. The second-order valence-electron chi connectivity index (χ2n) is 4.28. The molecule has 1 amide bonds. The number of carboxylic acids is 1. The zero-order chi connectivity index (χ0) is 15.6. The Hall–Kier alpha value is -2.77. The standard InChI is InChI=1S/C13H11F2N3O3/c1-7(18-5-4-11(17-18)13(20)21)12(19)16-8-2-3-9(14)10(15)6-8/h2-7H,1H3,(H,16,19)(H,20,21)/t7-/m1/s1. The SMILES string of the molecule is C[C@H](C(=O)Nc1ccc(F)c(F)c1)n1ccc(C(=O)O)n1. The maximum absolute atomic E-state index is 13.0. The highest BCUT2D eigenvalue weighted by atomic mass is 19.2. The van der Waals surface area contributed by atoms with Gasteiger partial charge >= 0.3 is 5.97 Å². The maximum Gasteiger partial charge on any atom is 0.356 e. The first-order chi connectivity index (χ1) is 9.88. The minimum Gasteiger partial charge on any atom is -0.476 e. The summed E-state index contributed by atoms with van der Waals surface area (Å²) < 4.78 is 27.0. The molecule has 0 bridgehead atoms. The highest BCUT2D eigenvalue weighted by molar-refractivity contribution is 5.93. The molecule has 0 aliphatic carbocycles. The van der Waals surface area contributed by atoms with E-state index in [0.29, 0.717) is 0 Å². The Balaban J connectivity index is 2.11. The smallest absolute Gasteiger partial charge is 0.356 e. The Morgan fingerprint density at radius 1 is 1.29 bits per heavy atom.